The third kappa shape index (κ3) is 2.48. The van der Waals surface area contributed by atoms with Gasteiger partial charge in [0.2, 0.25) is 0 Å². The average molecular weight is 369 g/mol. The van der Waals surface area contributed by atoms with E-state index in [1.165, 1.54) is 5.56 Å². The predicted octanol–water partition coefficient (Wildman–Crippen LogP) is 2.16. The van der Waals surface area contributed by atoms with Gasteiger partial charge in [0.15, 0.2) is 0 Å². The Balaban J connectivity index is 1.39. The van der Waals surface area contributed by atoms with Gasteiger partial charge in [-0.1, -0.05) is 0 Å². The minimum atomic E-state index is -0.344. The summed E-state index contributed by atoms with van der Waals surface area (Å²) < 4.78 is 10.1. The van der Waals surface area contributed by atoms with Crippen molar-refractivity contribution in [2.75, 3.05) is 13.1 Å². The molecule has 0 aromatic carbocycles. The second-order valence-corrected chi connectivity index (χ2v) is 7.76. The normalized spacial score (nSPS) is 22.1. The molecule has 134 valence electrons. The first-order valence-electron chi connectivity index (χ1n) is 8.63. The summed E-state index contributed by atoms with van der Waals surface area (Å²) in [7, 11) is 1.82. The van der Waals surface area contributed by atoms with E-state index < -0.39 is 0 Å². The van der Waals surface area contributed by atoms with E-state index in [-0.39, 0.29) is 11.5 Å². The Kier molecular flexibility index (Phi) is 3.51. The van der Waals surface area contributed by atoms with Crippen LogP contribution in [-0.2, 0) is 24.9 Å². The lowest BCUT2D eigenvalue weighted by Gasteiger charge is -2.35. The number of fused-ring (bicyclic) bond motifs is 1. The number of ether oxygens (including phenoxy) is 1. The summed E-state index contributed by atoms with van der Waals surface area (Å²) in [6.45, 7) is 2.48. The molecule has 0 radical (unpaired) electrons. The van der Waals surface area contributed by atoms with Gasteiger partial charge in [-0.05, 0) is 23.9 Å². The van der Waals surface area contributed by atoms with Crippen LogP contribution in [-0.4, -0.2) is 48.8 Å². The molecule has 1 saturated heterocycles. The lowest BCUT2D eigenvalue weighted by Crippen LogP contribution is -2.45. The van der Waals surface area contributed by atoms with Gasteiger partial charge in [0.05, 0.1) is 25.0 Å². The van der Waals surface area contributed by atoms with Crippen LogP contribution in [0.1, 0.15) is 22.7 Å². The van der Waals surface area contributed by atoms with Crippen molar-refractivity contribution >= 4 is 17.2 Å². The first kappa shape index (κ1) is 15.8. The lowest BCUT2D eigenvalue weighted by molar-refractivity contribution is -0.0804. The smallest absolute Gasteiger partial charge is 0.274 e. The number of thiophene rings is 1. The molecule has 1 fully saturated rings. The Bertz CT molecular complexity index is 960. The van der Waals surface area contributed by atoms with Gasteiger partial charge in [-0.15, -0.1) is 0 Å². The molecule has 1 spiro atoms. The molecular weight excluding hydrogens is 350 g/mol. The molecule has 7 nitrogen and oxygen atoms in total. The van der Waals surface area contributed by atoms with Crippen molar-refractivity contribution in [2.24, 2.45) is 7.05 Å². The van der Waals surface area contributed by atoms with Crippen molar-refractivity contribution in [1.82, 2.24) is 24.2 Å². The summed E-state index contributed by atoms with van der Waals surface area (Å²) in [6, 6.07) is 3.88. The predicted molar refractivity (Wildman–Crippen MR) is 96.8 cm³/mol. The third-order valence-corrected chi connectivity index (χ3v) is 5.93. The zero-order valence-corrected chi connectivity index (χ0v) is 15.3. The summed E-state index contributed by atoms with van der Waals surface area (Å²) in [5, 5.41) is 8.45. The number of carbonyl (C=O) groups excluding carboxylic acids is 1. The van der Waals surface area contributed by atoms with Crippen LogP contribution in [0.5, 0.6) is 0 Å². The summed E-state index contributed by atoms with van der Waals surface area (Å²) in [5.41, 5.74) is 2.45. The minimum Gasteiger partial charge on any atom is -0.363 e. The molecule has 1 amide bonds. The molecule has 0 unspecified atom stereocenters. The second kappa shape index (κ2) is 5.78. The number of nitrogens with zero attached hydrogens (tertiary/aromatic N) is 5. The van der Waals surface area contributed by atoms with E-state index in [1.54, 1.807) is 28.3 Å². The molecule has 5 rings (SSSR count). The maximum Gasteiger partial charge on any atom is 0.274 e. The molecule has 0 saturated carbocycles. The molecule has 5 heterocycles. The van der Waals surface area contributed by atoms with Gasteiger partial charge < -0.3 is 14.2 Å². The monoisotopic (exact) mass is 369 g/mol. The molecular formula is C18H19N5O2S. The largest absolute Gasteiger partial charge is 0.363 e. The molecule has 0 aliphatic carbocycles. The van der Waals surface area contributed by atoms with Gasteiger partial charge >= 0.3 is 0 Å². The van der Waals surface area contributed by atoms with E-state index in [9.17, 15) is 4.79 Å². The first-order chi connectivity index (χ1) is 12.6. The van der Waals surface area contributed by atoms with Crippen LogP contribution < -0.4 is 0 Å². The molecule has 1 atom stereocenters. The van der Waals surface area contributed by atoms with E-state index in [4.69, 9.17) is 4.74 Å². The average Bonchev–Trinajstić information content (AvgIpc) is 3.41. The van der Waals surface area contributed by atoms with E-state index in [2.05, 4.69) is 31.5 Å². The minimum absolute atomic E-state index is 0.0273. The fraction of sp³-hybridized carbons (Fsp3) is 0.389. The van der Waals surface area contributed by atoms with Crippen LogP contribution in [0.2, 0.25) is 0 Å². The van der Waals surface area contributed by atoms with Gasteiger partial charge in [0, 0.05) is 30.7 Å². The molecule has 0 N–H and O–H groups in total. The van der Waals surface area contributed by atoms with Gasteiger partial charge in [0.1, 0.15) is 23.7 Å². The molecule has 2 aliphatic rings. The standard InChI is InChI=1S/C18H19N5O2S/c1-21-5-2-14(20-21)17(24)22-6-4-18(11-22)12-23-15(13-3-7-26-10-13)8-19-16(23)9-25-18/h2-3,5,7-8,10H,4,6,9,11-12H2,1H3/t18-/m0/s1. The van der Waals surface area contributed by atoms with E-state index in [1.807, 2.05) is 18.1 Å². The quantitative estimate of drug-likeness (QED) is 0.694. The van der Waals surface area contributed by atoms with Gasteiger partial charge in [0.25, 0.3) is 5.91 Å². The summed E-state index contributed by atoms with van der Waals surface area (Å²) in [5.74, 6) is 0.923. The Morgan fingerprint density at radius 2 is 2.27 bits per heavy atom. The molecule has 3 aromatic heterocycles. The highest BCUT2D eigenvalue weighted by molar-refractivity contribution is 7.08. The zero-order valence-electron chi connectivity index (χ0n) is 14.5. The van der Waals surface area contributed by atoms with Crippen LogP contribution in [0.3, 0.4) is 0 Å². The fourth-order valence-electron chi connectivity index (χ4n) is 3.85. The van der Waals surface area contributed by atoms with Crippen molar-refractivity contribution in [3.8, 4) is 11.3 Å². The number of likely N-dealkylation sites (tertiary alicyclic amines) is 1. The van der Waals surface area contributed by atoms with Crippen LogP contribution in [0.25, 0.3) is 11.3 Å². The van der Waals surface area contributed by atoms with Crippen molar-refractivity contribution < 1.29 is 9.53 Å². The number of imidazole rings is 1. The van der Waals surface area contributed by atoms with Gasteiger partial charge in [-0.3, -0.25) is 9.48 Å². The van der Waals surface area contributed by atoms with Crippen LogP contribution >= 0.6 is 11.3 Å². The van der Waals surface area contributed by atoms with Gasteiger partial charge in [-0.25, -0.2) is 4.98 Å². The summed E-state index contributed by atoms with van der Waals surface area (Å²) >= 11 is 1.68. The number of hydrogen-bond acceptors (Lipinski definition) is 5. The number of aryl methyl sites for hydroxylation is 1. The molecule has 8 heteroatoms. The highest BCUT2D eigenvalue weighted by Gasteiger charge is 2.45. The number of hydrogen-bond donors (Lipinski definition) is 0. The number of carbonyl (C=O) groups is 1. The van der Waals surface area contributed by atoms with Crippen LogP contribution in [0.15, 0.2) is 35.3 Å². The van der Waals surface area contributed by atoms with Crippen LogP contribution in [0.4, 0.5) is 0 Å². The molecule has 26 heavy (non-hydrogen) atoms. The topological polar surface area (TPSA) is 65.2 Å². The van der Waals surface area contributed by atoms with Crippen molar-refractivity contribution in [2.45, 2.75) is 25.2 Å². The molecule has 2 aliphatic heterocycles. The number of rotatable bonds is 2. The van der Waals surface area contributed by atoms with Crippen LogP contribution in [0, 0.1) is 0 Å². The van der Waals surface area contributed by atoms with Crippen molar-refractivity contribution in [3.05, 3.63) is 46.8 Å². The van der Waals surface area contributed by atoms with Crippen molar-refractivity contribution in [3.63, 3.8) is 0 Å². The molecule has 0 bridgehead atoms. The number of amides is 1. The maximum absolute atomic E-state index is 12.7. The zero-order chi connectivity index (χ0) is 17.7. The van der Waals surface area contributed by atoms with E-state index >= 15 is 0 Å². The molecule has 3 aromatic rings. The second-order valence-electron chi connectivity index (χ2n) is 6.98. The van der Waals surface area contributed by atoms with E-state index in [0.717, 1.165) is 24.5 Å². The highest BCUT2D eigenvalue weighted by Crippen LogP contribution is 2.35. The maximum atomic E-state index is 12.7. The fourth-order valence-corrected chi connectivity index (χ4v) is 4.50. The summed E-state index contributed by atoms with van der Waals surface area (Å²) in [4.78, 5) is 19.1. The number of aromatic nitrogens is 4. The summed E-state index contributed by atoms with van der Waals surface area (Å²) in [6.07, 6.45) is 4.54. The van der Waals surface area contributed by atoms with Gasteiger partial charge in [-0.2, -0.15) is 16.4 Å². The highest BCUT2D eigenvalue weighted by atomic mass is 32.1. The Morgan fingerprint density at radius 3 is 3.04 bits per heavy atom. The Hall–Kier alpha value is -2.45. The Labute approximate surface area is 154 Å². The lowest BCUT2D eigenvalue weighted by atomic mass is 10.0. The SMILES string of the molecule is Cn1ccc(C(=O)N2CC[C@]3(C2)Cn2c(-c4ccsc4)cnc2CO3)n1. The Morgan fingerprint density at radius 1 is 1.35 bits per heavy atom. The van der Waals surface area contributed by atoms with Crippen molar-refractivity contribution in [1.29, 1.82) is 0 Å². The first-order valence-corrected chi connectivity index (χ1v) is 9.58. The third-order valence-electron chi connectivity index (χ3n) is 5.25. The van der Waals surface area contributed by atoms with E-state index in [0.29, 0.717) is 25.4 Å².